The van der Waals surface area contributed by atoms with Crippen LogP contribution in [0.15, 0.2) is 24.3 Å². The van der Waals surface area contributed by atoms with Gasteiger partial charge in [0.25, 0.3) is 0 Å². The van der Waals surface area contributed by atoms with Crippen molar-refractivity contribution in [1.29, 1.82) is 0 Å². The molecule has 1 aliphatic carbocycles. The molecule has 1 aromatic carbocycles. The number of hydrogen-bond acceptors (Lipinski definition) is 4. The van der Waals surface area contributed by atoms with E-state index in [1.54, 1.807) is 7.11 Å². The van der Waals surface area contributed by atoms with Crippen LogP contribution in [0.3, 0.4) is 0 Å². The molecule has 2 rings (SSSR count). The predicted octanol–water partition coefficient (Wildman–Crippen LogP) is 2.21. The summed E-state index contributed by atoms with van der Waals surface area (Å²) in [6, 6.07) is 7.54. The third kappa shape index (κ3) is 3.70. The van der Waals surface area contributed by atoms with E-state index in [0.717, 1.165) is 30.6 Å². The number of nitrogens with one attached hydrogen (secondary N) is 1. The maximum Gasteiger partial charge on any atom is 0.151 e. The molecule has 0 saturated heterocycles. The Labute approximate surface area is 115 Å². The minimum absolute atomic E-state index is 0.0656. The standard InChI is InChI=1S/C14H21NO3S/c1-18-14(8-5-9-14)11-15-13-7-4-3-6-12(13)10-19(2,16)17/h3-4,6-7,15H,5,8-11H2,1-2H3. The predicted molar refractivity (Wildman–Crippen MR) is 77.1 cm³/mol. The number of benzene rings is 1. The topological polar surface area (TPSA) is 55.4 Å². The van der Waals surface area contributed by atoms with E-state index in [1.807, 2.05) is 24.3 Å². The van der Waals surface area contributed by atoms with Gasteiger partial charge in [-0.1, -0.05) is 18.2 Å². The Bertz CT molecular complexity index is 530. The fraction of sp³-hybridized carbons (Fsp3) is 0.571. The lowest BCUT2D eigenvalue weighted by molar-refractivity contribution is -0.0601. The highest BCUT2D eigenvalue weighted by Crippen LogP contribution is 2.35. The molecule has 0 bridgehead atoms. The molecule has 1 aromatic rings. The first kappa shape index (κ1) is 14.3. The molecule has 0 heterocycles. The monoisotopic (exact) mass is 283 g/mol. The van der Waals surface area contributed by atoms with Gasteiger partial charge in [0, 0.05) is 25.6 Å². The van der Waals surface area contributed by atoms with E-state index >= 15 is 0 Å². The molecule has 0 spiro atoms. The summed E-state index contributed by atoms with van der Waals surface area (Å²) in [5.74, 6) is 0.0656. The van der Waals surface area contributed by atoms with E-state index in [2.05, 4.69) is 5.32 Å². The summed E-state index contributed by atoms with van der Waals surface area (Å²) in [4.78, 5) is 0. The van der Waals surface area contributed by atoms with E-state index in [-0.39, 0.29) is 11.4 Å². The van der Waals surface area contributed by atoms with E-state index in [9.17, 15) is 8.42 Å². The first-order valence-corrected chi connectivity index (χ1v) is 8.55. The van der Waals surface area contributed by atoms with Gasteiger partial charge in [0.05, 0.1) is 11.4 Å². The fourth-order valence-corrected chi connectivity index (χ4v) is 3.20. The van der Waals surface area contributed by atoms with Crippen molar-refractivity contribution in [3.8, 4) is 0 Å². The highest BCUT2D eigenvalue weighted by molar-refractivity contribution is 7.89. The second-order valence-corrected chi connectivity index (χ2v) is 7.46. The molecule has 5 heteroatoms. The Balaban J connectivity index is 2.07. The molecule has 106 valence electrons. The number of methoxy groups -OCH3 is 1. The van der Waals surface area contributed by atoms with Gasteiger partial charge < -0.3 is 10.1 Å². The quantitative estimate of drug-likeness (QED) is 0.869. The molecule has 0 radical (unpaired) electrons. The number of rotatable bonds is 6. The van der Waals surface area contributed by atoms with Crippen molar-refractivity contribution in [2.75, 3.05) is 25.2 Å². The summed E-state index contributed by atoms with van der Waals surface area (Å²) in [5.41, 5.74) is 1.63. The first-order chi connectivity index (χ1) is 8.94. The van der Waals surface area contributed by atoms with Gasteiger partial charge in [0.2, 0.25) is 0 Å². The van der Waals surface area contributed by atoms with Gasteiger partial charge in [-0.15, -0.1) is 0 Å². The van der Waals surface area contributed by atoms with Gasteiger partial charge in [-0.05, 0) is 30.9 Å². The van der Waals surface area contributed by atoms with Crippen molar-refractivity contribution in [2.45, 2.75) is 30.6 Å². The summed E-state index contributed by atoms with van der Waals surface area (Å²) in [5, 5.41) is 3.34. The lowest BCUT2D eigenvalue weighted by Gasteiger charge is -2.40. The van der Waals surface area contributed by atoms with E-state index in [4.69, 9.17) is 4.74 Å². The summed E-state index contributed by atoms with van der Waals surface area (Å²) in [6.45, 7) is 0.726. The maximum atomic E-state index is 11.4. The summed E-state index contributed by atoms with van der Waals surface area (Å²) >= 11 is 0. The van der Waals surface area contributed by atoms with Gasteiger partial charge in [-0.3, -0.25) is 0 Å². The molecular weight excluding hydrogens is 262 g/mol. The van der Waals surface area contributed by atoms with Gasteiger partial charge in [0.1, 0.15) is 0 Å². The Morgan fingerprint density at radius 3 is 2.53 bits per heavy atom. The van der Waals surface area contributed by atoms with Crippen molar-refractivity contribution in [3.05, 3.63) is 29.8 Å². The SMILES string of the molecule is COC1(CNc2ccccc2CS(C)(=O)=O)CCC1. The summed E-state index contributed by atoms with van der Waals surface area (Å²) in [7, 11) is -1.28. The molecule has 1 N–H and O–H groups in total. The minimum atomic E-state index is -3.02. The highest BCUT2D eigenvalue weighted by atomic mass is 32.2. The molecule has 0 aliphatic heterocycles. The number of anilines is 1. The van der Waals surface area contributed by atoms with Crippen LogP contribution in [0, 0.1) is 0 Å². The number of ether oxygens (including phenoxy) is 1. The average molecular weight is 283 g/mol. The molecule has 0 unspecified atom stereocenters. The van der Waals surface area contributed by atoms with Gasteiger partial charge in [0.15, 0.2) is 9.84 Å². The van der Waals surface area contributed by atoms with Gasteiger partial charge >= 0.3 is 0 Å². The molecule has 1 aliphatic rings. The van der Waals surface area contributed by atoms with Crippen LogP contribution in [0.25, 0.3) is 0 Å². The van der Waals surface area contributed by atoms with Crippen molar-refractivity contribution in [2.24, 2.45) is 0 Å². The molecule has 4 nitrogen and oxygen atoms in total. The van der Waals surface area contributed by atoms with Crippen LogP contribution < -0.4 is 5.32 Å². The van der Waals surface area contributed by atoms with Crippen molar-refractivity contribution >= 4 is 15.5 Å². The third-order valence-corrected chi connectivity index (χ3v) is 4.57. The van der Waals surface area contributed by atoms with E-state index in [0.29, 0.717) is 0 Å². The summed E-state index contributed by atoms with van der Waals surface area (Å²) < 4.78 is 28.4. The van der Waals surface area contributed by atoms with Crippen LogP contribution in [0.4, 0.5) is 5.69 Å². The zero-order valence-electron chi connectivity index (χ0n) is 11.5. The Morgan fingerprint density at radius 2 is 2.00 bits per heavy atom. The lowest BCUT2D eigenvalue weighted by atomic mass is 9.80. The molecular formula is C14H21NO3S. The zero-order chi connectivity index (χ0) is 13.9. The lowest BCUT2D eigenvalue weighted by Crippen LogP contribution is -2.45. The average Bonchev–Trinajstić information content (AvgIpc) is 2.28. The van der Waals surface area contributed by atoms with E-state index < -0.39 is 9.84 Å². The van der Waals surface area contributed by atoms with Crippen molar-refractivity contribution < 1.29 is 13.2 Å². The van der Waals surface area contributed by atoms with Crippen LogP contribution in [-0.4, -0.2) is 33.9 Å². The Kier molecular flexibility index (Phi) is 4.16. The second kappa shape index (κ2) is 5.51. The second-order valence-electron chi connectivity index (χ2n) is 5.32. The number of hydrogen-bond donors (Lipinski definition) is 1. The van der Waals surface area contributed by atoms with Gasteiger partial charge in [-0.2, -0.15) is 0 Å². The van der Waals surface area contributed by atoms with Crippen LogP contribution in [0.2, 0.25) is 0 Å². The number of para-hydroxylation sites is 1. The maximum absolute atomic E-state index is 11.4. The fourth-order valence-electron chi connectivity index (χ4n) is 2.38. The normalized spacial score (nSPS) is 17.8. The van der Waals surface area contributed by atoms with Crippen LogP contribution in [0.5, 0.6) is 0 Å². The largest absolute Gasteiger partial charge is 0.382 e. The summed E-state index contributed by atoms with van der Waals surface area (Å²) in [6.07, 6.45) is 4.57. The Morgan fingerprint density at radius 1 is 1.32 bits per heavy atom. The first-order valence-electron chi connectivity index (χ1n) is 6.49. The highest BCUT2D eigenvalue weighted by Gasteiger charge is 2.36. The third-order valence-electron chi connectivity index (χ3n) is 3.73. The van der Waals surface area contributed by atoms with Crippen LogP contribution in [0.1, 0.15) is 24.8 Å². The zero-order valence-corrected chi connectivity index (χ0v) is 12.3. The molecule has 0 aromatic heterocycles. The van der Waals surface area contributed by atoms with Crippen molar-refractivity contribution in [3.63, 3.8) is 0 Å². The Hall–Kier alpha value is -1.07. The molecule has 1 fully saturated rings. The van der Waals surface area contributed by atoms with Crippen molar-refractivity contribution in [1.82, 2.24) is 0 Å². The van der Waals surface area contributed by atoms with Gasteiger partial charge in [-0.25, -0.2) is 8.42 Å². The molecule has 1 saturated carbocycles. The smallest absolute Gasteiger partial charge is 0.151 e. The molecule has 0 atom stereocenters. The van der Waals surface area contributed by atoms with Crippen LogP contribution in [-0.2, 0) is 20.3 Å². The molecule has 0 amide bonds. The number of sulfone groups is 1. The molecule has 19 heavy (non-hydrogen) atoms. The minimum Gasteiger partial charge on any atom is -0.382 e. The van der Waals surface area contributed by atoms with Crippen LogP contribution >= 0.6 is 0 Å². The van der Waals surface area contributed by atoms with E-state index in [1.165, 1.54) is 12.7 Å².